The monoisotopic (exact) mass is 288 g/mol. The Kier molecular flexibility index (Phi) is 3.23. The SMILES string of the molecule is O=C(O)C1(C(=O)O)CCC1c1ccc(C(F)(F)F)cc1. The summed E-state index contributed by atoms with van der Waals surface area (Å²) in [5, 5.41) is 18.2. The van der Waals surface area contributed by atoms with Crippen molar-refractivity contribution >= 4 is 11.9 Å². The van der Waals surface area contributed by atoms with Crippen molar-refractivity contribution in [3.63, 3.8) is 0 Å². The predicted octanol–water partition coefficient (Wildman–Crippen LogP) is 2.74. The van der Waals surface area contributed by atoms with E-state index in [0.717, 1.165) is 24.3 Å². The number of aliphatic carboxylic acids is 2. The zero-order valence-electron chi connectivity index (χ0n) is 10.1. The van der Waals surface area contributed by atoms with Crippen LogP contribution in [0, 0.1) is 5.41 Å². The largest absolute Gasteiger partial charge is 0.480 e. The third-order valence-corrected chi connectivity index (χ3v) is 3.83. The van der Waals surface area contributed by atoms with Gasteiger partial charge in [-0.15, -0.1) is 0 Å². The number of halogens is 3. The van der Waals surface area contributed by atoms with E-state index < -0.39 is 35.0 Å². The maximum Gasteiger partial charge on any atom is 0.416 e. The molecule has 1 aliphatic carbocycles. The molecule has 4 nitrogen and oxygen atoms in total. The Hall–Kier alpha value is -2.05. The van der Waals surface area contributed by atoms with Gasteiger partial charge in [0, 0.05) is 5.92 Å². The van der Waals surface area contributed by atoms with Crippen molar-refractivity contribution in [3.8, 4) is 0 Å². The average Bonchev–Trinajstić information content (AvgIpc) is 2.26. The molecule has 1 aliphatic rings. The summed E-state index contributed by atoms with van der Waals surface area (Å²) in [6, 6.07) is 3.96. The minimum atomic E-state index is -4.48. The number of hydrogen-bond acceptors (Lipinski definition) is 2. The molecule has 1 saturated carbocycles. The van der Waals surface area contributed by atoms with Gasteiger partial charge < -0.3 is 10.2 Å². The third kappa shape index (κ3) is 2.03. The van der Waals surface area contributed by atoms with Gasteiger partial charge in [-0.1, -0.05) is 12.1 Å². The van der Waals surface area contributed by atoms with Crippen LogP contribution in [-0.2, 0) is 15.8 Å². The van der Waals surface area contributed by atoms with E-state index in [0.29, 0.717) is 12.0 Å². The molecule has 1 aromatic rings. The maximum absolute atomic E-state index is 12.4. The number of rotatable bonds is 3. The lowest BCUT2D eigenvalue weighted by molar-refractivity contribution is -0.174. The molecule has 2 N–H and O–H groups in total. The first-order valence-electron chi connectivity index (χ1n) is 5.83. The zero-order chi connectivity index (χ0) is 15.1. The Bertz CT molecular complexity index is 534. The minimum absolute atomic E-state index is 0.0244. The van der Waals surface area contributed by atoms with Crippen LogP contribution in [0.1, 0.15) is 29.9 Å². The van der Waals surface area contributed by atoms with Crippen molar-refractivity contribution in [2.24, 2.45) is 5.41 Å². The van der Waals surface area contributed by atoms with Crippen molar-refractivity contribution in [1.82, 2.24) is 0 Å². The second-order valence-electron chi connectivity index (χ2n) is 4.79. The Balaban J connectivity index is 2.33. The summed E-state index contributed by atoms with van der Waals surface area (Å²) in [4.78, 5) is 22.4. The Morgan fingerprint density at radius 2 is 1.60 bits per heavy atom. The number of carboxylic acid groups (broad SMARTS) is 2. The fraction of sp³-hybridized carbons (Fsp3) is 0.385. The standard InChI is InChI=1S/C13H11F3O4/c14-13(15,16)8-3-1-7(2-4-8)9-5-6-12(9,10(17)18)11(19)20/h1-4,9H,5-6H2,(H,17,18)(H,19,20). The second kappa shape index (κ2) is 4.50. The van der Waals surface area contributed by atoms with Gasteiger partial charge in [0.2, 0.25) is 0 Å². The van der Waals surface area contributed by atoms with Crippen LogP contribution in [0.25, 0.3) is 0 Å². The van der Waals surface area contributed by atoms with Gasteiger partial charge in [0.1, 0.15) is 0 Å². The molecule has 20 heavy (non-hydrogen) atoms. The van der Waals surface area contributed by atoms with Crippen molar-refractivity contribution in [1.29, 1.82) is 0 Å². The molecular formula is C13H11F3O4. The Morgan fingerprint density at radius 1 is 1.10 bits per heavy atom. The van der Waals surface area contributed by atoms with Crippen molar-refractivity contribution in [2.45, 2.75) is 24.9 Å². The van der Waals surface area contributed by atoms with E-state index in [2.05, 4.69) is 0 Å². The van der Waals surface area contributed by atoms with E-state index >= 15 is 0 Å². The van der Waals surface area contributed by atoms with Crippen LogP contribution < -0.4 is 0 Å². The van der Waals surface area contributed by atoms with Gasteiger partial charge in [0.25, 0.3) is 0 Å². The molecule has 1 unspecified atom stereocenters. The summed E-state index contributed by atoms with van der Waals surface area (Å²) in [5.41, 5.74) is -2.48. The summed E-state index contributed by atoms with van der Waals surface area (Å²) in [6.07, 6.45) is -4.18. The summed E-state index contributed by atoms with van der Waals surface area (Å²) in [6.45, 7) is 0. The van der Waals surface area contributed by atoms with Crippen LogP contribution in [0.3, 0.4) is 0 Å². The highest BCUT2D eigenvalue weighted by atomic mass is 19.4. The minimum Gasteiger partial charge on any atom is -0.480 e. The van der Waals surface area contributed by atoms with Crippen LogP contribution in [-0.4, -0.2) is 22.2 Å². The summed E-state index contributed by atoms with van der Waals surface area (Å²) >= 11 is 0. The van der Waals surface area contributed by atoms with Crippen LogP contribution >= 0.6 is 0 Å². The van der Waals surface area contributed by atoms with E-state index in [1.807, 2.05) is 0 Å². The molecule has 0 aliphatic heterocycles. The molecule has 0 amide bonds. The van der Waals surface area contributed by atoms with E-state index in [-0.39, 0.29) is 6.42 Å². The van der Waals surface area contributed by atoms with Crippen molar-refractivity contribution in [2.75, 3.05) is 0 Å². The van der Waals surface area contributed by atoms with E-state index in [4.69, 9.17) is 10.2 Å². The molecule has 0 aromatic heterocycles. The summed E-state index contributed by atoms with van der Waals surface area (Å²) < 4.78 is 37.3. The first-order chi connectivity index (χ1) is 9.19. The molecule has 108 valence electrons. The molecular weight excluding hydrogens is 277 g/mol. The van der Waals surface area contributed by atoms with E-state index in [9.17, 15) is 22.8 Å². The highest BCUT2D eigenvalue weighted by Crippen LogP contribution is 2.53. The topological polar surface area (TPSA) is 74.6 Å². The molecule has 2 rings (SSSR count). The van der Waals surface area contributed by atoms with Crippen molar-refractivity contribution < 1.29 is 33.0 Å². The molecule has 1 atom stereocenters. The number of benzene rings is 1. The van der Waals surface area contributed by atoms with E-state index in [1.54, 1.807) is 0 Å². The summed E-state index contributed by atoms with van der Waals surface area (Å²) in [7, 11) is 0. The van der Waals surface area contributed by atoms with Crippen LogP contribution in [0.4, 0.5) is 13.2 Å². The smallest absolute Gasteiger partial charge is 0.416 e. The Morgan fingerprint density at radius 3 is 1.90 bits per heavy atom. The number of carboxylic acids is 2. The van der Waals surface area contributed by atoms with Gasteiger partial charge in [0.15, 0.2) is 5.41 Å². The van der Waals surface area contributed by atoms with Crippen LogP contribution in [0.15, 0.2) is 24.3 Å². The van der Waals surface area contributed by atoms with Gasteiger partial charge in [-0.2, -0.15) is 13.2 Å². The highest BCUT2D eigenvalue weighted by Gasteiger charge is 2.59. The molecule has 1 aromatic carbocycles. The zero-order valence-corrected chi connectivity index (χ0v) is 10.1. The first kappa shape index (κ1) is 14.4. The van der Waals surface area contributed by atoms with Crippen LogP contribution in [0.5, 0.6) is 0 Å². The molecule has 7 heteroatoms. The van der Waals surface area contributed by atoms with E-state index in [1.165, 1.54) is 0 Å². The van der Waals surface area contributed by atoms with Gasteiger partial charge in [-0.05, 0) is 30.5 Å². The van der Waals surface area contributed by atoms with Gasteiger partial charge in [-0.25, -0.2) is 0 Å². The van der Waals surface area contributed by atoms with Gasteiger partial charge >= 0.3 is 18.1 Å². The first-order valence-corrected chi connectivity index (χ1v) is 5.83. The van der Waals surface area contributed by atoms with Gasteiger partial charge in [-0.3, -0.25) is 9.59 Å². The number of alkyl halides is 3. The van der Waals surface area contributed by atoms with Crippen LogP contribution in [0.2, 0.25) is 0 Å². The number of hydrogen-bond donors (Lipinski definition) is 2. The average molecular weight is 288 g/mol. The molecule has 0 radical (unpaired) electrons. The second-order valence-corrected chi connectivity index (χ2v) is 4.79. The fourth-order valence-corrected chi connectivity index (χ4v) is 2.54. The maximum atomic E-state index is 12.4. The molecule has 1 fully saturated rings. The Labute approximate surface area is 111 Å². The number of carbonyl (C=O) groups is 2. The highest BCUT2D eigenvalue weighted by molar-refractivity contribution is 6.00. The lowest BCUT2D eigenvalue weighted by Gasteiger charge is -2.42. The third-order valence-electron chi connectivity index (χ3n) is 3.83. The fourth-order valence-electron chi connectivity index (χ4n) is 2.54. The summed E-state index contributed by atoms with van der Waals surface area (Å²) in [5.74, 6) is -3.72. The quantitative estimate of drug-likeness (QED) is 0.839. The normalized spacial score (nSPS) is 21.1. The molecule has 0 spiro atoms. The van der Waals surface area contributed by atoms with Gasteiger partial charge in [0.05, 0.1) is 5.56 Å². The predicted molar refractivity (Wildman–Crippen MR) is 61.1 cm³/mol. The van der Waals surface area contributed by atoms with Crippen molar-refractivity contribution in [3.05, 3.63) is 35.4 Å². The molecule has 0 heterocycles. The lowest BCUT2D eigenvalue weighted by atomic mass is 9.57. The lowest BCUT2D eigenvalue weighted by Crippen LogP contribution is -2.51. The molecule has 0 bridgehead atoms. The molecule has 0 saturated heterocycles.